The van der Waals surface area contributed by atoms with Crippen LogP contribution in [-0.2, 0) is 4.79 Å². The molecule has 0 atom stereocenters. The second-order valence-corrected chi connectivity index (χ2v) is 5.38. The van der Waals surface area contributed by atoms with Crippen LogP contribution in [0.25, 0.3) is 10.9 Å². The van der Waals surface area contributed by atoms with E-state index in [0.29, 0.717) is 5.82 Å². The smallest absolute Gasteiger partial charge is 0.241 e. The molecule has 0 fully saturated rings. The number of anilines is 1. The number of amides is 1. The van der Waals surface area contributed by atoms with Gasteiger partial charge in [0.2, 0.25) is 11.2 Å². The molecule has 1 aromatic heterocycles. The molecular formula is C15H19ClN4O. The van der Waals surface area contributed by atoms with E-state index in [-0.39, 0.29) is 17.7 Å². The van der Waals surface area contributed by atoms with Crippen LogP contribution in [0.4, 0.5) is 5.82 Å². The molecule has 112 valence electrons. The number of hydrogen-bond donors (Lipinski definition) is 0. The van der Waals surface area contributed by atoms with Crippen LogP contribution in [0.1, 0.15) is 13.3 Å². The lowest BCUT2D eigenvalue weighted by atomic mass is 10.2. The third-order valence-corrected chi connectivity index (χ3v) is 3.34. The third kappa shape index (κ3) is 3.61. The van der Waals surface area contributed by atoms with Gasteiger partial charge < -0.3 is 9.80 Å². The van der Waals surface area contributed by atoms with Gasteiger partial charge in [-0.1, -0.05) is 19.1 Å². The molecule has 2 aromatic rings. The van der Waals surface area contributed by atoms with Crippen molar-refractivity contribution >= 4 is 34.2 Å². The molecule has 0 N–H and O–H groups in total. The molecule has 0 aliphatic rings. The van der Waals surface area contributed by atoms with Crippen molar-refractivity contribution in [2.75, 3.05) is 32.1 Å². The standard InChI is InChI=1S/C15H19ClN4O/c1-4-9-20(10-13(21)19(2)3)14-11-7-5-6-8-12(11)17-15(16)18-14/h5-8H,4,9-10H2,1-3H3. The summed E-state index contributed by atoms with van der Waals surface area (Å²) in [5, 5.41) is 1.10. The van der Waals surface area contributed by atoms with Crippen molar-refractivity contribution in [2.45, 2.75) is 13.3 Å². The Morgan fingerprint density at radius 2 is 1.95 bits per heavy atom. The predicted octanol–water partition coefficient (Wildman–Crippen LogP) is 2.59. The molecule has 0 aliphatic heterocycles. The maximum absolute atomic E-state index is 12.0. The summed E-state index contributed by atoms with van der Waals surface area (Å²) in [5.41, 5.74) is 0.783. The monoisotopic (exact) mass is 306 g/mol. The van der Waals surface area contributed by atoms with Gasteiger partial charge in [0.15, 0.2) is 0 Å². The Labute approximate surface area is 129 Å². The third-order valence-electron chi connectivity index (χ3n) is 3.17. The second kappa shape index (κ2) is 6.72. The summed E-state index contributed by atoms with van der Waals surface area (Å²) in [6.45, 7) is 3.08. The van der Waals surface area contributed by atoms with Crippen molar-refractivity contribution in [1.82, 2.24) is 14.9 Å². The van der Waals surface area contributed by atoms with Crippen molar-refractivity contribution in [1.29, 1.82) is 0 Å². The van der Waals surface area contributed by atoms with E-state index in [1.54, 1.807) is 19.0 Å². The molecule has 2 rings (SSSR count). The summed E-state index contributed by atoms with van der Waals surface area (Å²) in [7, 11) is 3.50. The molecule has 21 heavy (non-hydrogen) atoms. The predicted molar refractivity (Wildman–Crippen MR) is 85.7 cm³/mol. The lowest BCUT2D eigenvalue weighted by Crippen LogP contribution is -2.37. The van der Waals surface area contributed by atoms with Crippen molar-refractivity contribution in [2.24, 2.45) is 0 Å². The number of carbonyl (C=O) groups excluding carboxylic acids is 1. The molecule has 1 heterocycles. The van der Waals surface area contributed by atoms with E-state index >= 15 is 0 Å². The topological polar surface area (TPSA) is 49.3 Å². The minimum atomic E-state index is 0.0299. The lowest BCUT2D eigenvalue weighted by molar-refractivity contribution is -0.127. The van der Waals surface area contributed by atoms with Crippen molar-refractivity contribution in [3.05, 3.63) is 29.5 Å². The zero-order chi connectivity index (χ0) is 15.4. The van der Waals surface area contributed by atoms with Gasteiger partial charge in [-0.2, -0.15) is 4.98 Å². The van der Waals surface area contributed by atoms with Gasteiger partial charge >= 0.3 is 0 Å². The fourth-order valence-electron chi connectivity index (χ4n) is 2.11. The van der Waals surface area contributed by atoms with E-state index in [4.69, 9.17) is 11.6 Å². The number of aromatic nitrogens is 2. The molecular weight excluding hydrogens is 288 g/mol. The maximum atomic E-state index is 12.0. The van der Waals surface area contributed by atoms with Crippen LogP contribution in [0.15, 0.2) is 24.3 Å². The Morgan fingerprint density at radius 3 is 2.62 bits per heavy atom. The number of fused-ring (bicyclic) bond motifs is 1. The SMILES string of the molecule is CCCN(CC(=O)N(C)C)c1nc(Cl)nc2ccccc12. The summed E-state index contributed by atoms with van der Waals surface area (Å²) in [4.78, 5) is 24.1. The lowest BCUT2D eigenvalue weighted by Gasteiger charge is -2.25. The van der Waals surface area contributed by atoms with E-state index in [0.717, 1.165) is 23.9 Å². The Kier molecular flexibility index (Phi) is 4.96. The molecule has 0 radical (unpaired) electrons. The fraction of sp³-hybridized carbons (Fsp3) is 0.400. The number of hydrogen-bond acceptors (Lipinski definition) is 4. The summed E-state index contributed by atoms with van der Waals surface area (Å²) >= 11 is 6.02. The van der Waals surface area contributed by atoms with Gasteiger partial charge in [0.25, 0.3) is 0 Å². The van der Waals surface area contributed by atoms with Gasteiger partial charge in [-0.05, 0) is 30.2 Å². The number of likely N-dealkylation sites (N-methyl/N-ethyl adjacent to an activating group) is 1. The van der Waals surface area contributed by atoms with Gasteiger partial charge in [-0.15, -0.1) is 0 Å². The maximum Gasteiger partial charge on any atom is 0.241 e. The summed E-state index contributed by atoms with van der Waals surface area (Å²) in [5.74, 6) is 0.741. The van der Waals surface area contributed by atoms with Crippen molar-refractivity contribution in [3.8, 4) is 0 Å². The summed E-state index contributed by atoms with van der Waals surface area (Å²) < 4.78 is 0. The zero-order valence-corrected chi connectivity index (χ0v) is 13.3. The Bertz CT molecular complexity index is 645. The summed E-state index contributed by atoms with van der Waals surface area (Å²) in [6.07, 6.45) is 0.913. The largest absolute Gasteiger partial charge is 0.347 e. The highest BCUT2D eigenvalue weighted by Gasteiger charge is 2.17. The van der Waals surface area contributed by atoms with Crippen LogP contribution < -0.4 is 4.90 Å². The van der Waals surface area contributed by atoms with Gasteiger partial charge in [-0.3, -0.25) is 4.79 Å². The molecule has 0 spiro atoms. The molecule has 0 bridgehead atoms. The Hall–Kier alpha value is -1.88. The van der Waals surface area contributed by atoms with Crippen LogP contribution in [0, 0.1) is 0 Å². The minimum absolute atomic E-state index is 0.0299. The van der Waals surface area contributed by atoms with E-state index in [1.165, 1.54) is 0 Å². The molecule has 1 amide bonds. The minimum Gasteiger partial charge on any atom is -0.347 e. The van der Waals surface area contributed by atoms with Crippen molar-refractivity contribution in [3.63, 3.8) is 0 Å². The first kappa shape index (κ1) is 15.5. The van der Waals surface area contributed by atoms with Crippen LogP contribution >= 0.6 is 11.6 Å². The first-order valence-electron chi connectivity index (χ1n) is 6.90. The summed E-state index contributed by atoms with van der Waals surface area (Å²) in [6, 6.07) is 7.68. The number of benzene rings is 1. The molecule has 0 aliphatic carbocycles. The highest BCUT2D eigenvalue weighted by atomic mass is 35.5. The average Bonchev–Trinajstić information content (AvgIpc) is 2.45. The Morgan fingerprint density at radius 1 is 1.24 bits per heavy atom. The number of halogens is 1. The van der Waals surface area contributed by atoms with E-state index in [2.05, 4.69) is 16.9 Å². The van der Waals surface area contributed by atoms with Crippen molar-refractivity contribution < 1.29 is 4.79 Å². The van der Waals surface area contributed by atoms with Gasteiger partial charge in [0, 0.05) is 26.0 Å². The van der Waals surface area contributed by atoms with Crippen LogP contribution in [0.3, 0.4) is 0 Å². The molecule has 0 unspecified atom stereocenters. The number of nitrogens with zero attached hydrogens (tertiary/aromatic N) is 4. The zero-order valence-electron chi connectivity index (χ0n) is 12.5. The molecule has 6 heteroatoms. The normalized spacial score (nSPS) is 10.7. The van der Waals surface area contributed by atoms with Crippen LogP contribution in [-0.4, -0.2) is 48.0 Å². The highest BCUT2D eigenvalue weighted by Crippen LogP contribution is 2.25. The van der Waals surface area contributed by atoms with E-state index in [9.17, 15) is 4.79 Å². The fourth-order valence-corrected chi connectivity index (χ4v) is 2.28. The van der Waals surface area contributed by atoms with E-state index < -0.39 is 0 Å². The average molecular weight is 307 g/mol. The van der Waals surface area contributed by atoms with Crippen LogP contribution in [0.5, 0.6) is 0 Å². The molecule has 5 nitrogen and oxygen atoms in total. The quantitative estimate of drug-likeness (QED) is 0.797. The number of carbonyl (C=O) groups is 1. The second-order valence-electron chi connectivity index (χ2n) is 5.04. The number of rotatable bonds is 5. The van der Waals surface area contributed by atoms with Gasteiger partial charge in [0.1, 0.15) is 5.82 Å². The highest BCUT2D eigenvalue weighted by molar-refractivity contribution is 6.28. The Balaban J connectivity index is 2.46. The molecule has 0 saturated carbocycles. The number of para-hydroxylation sites is 1. The molecule has 0 saturated heterocycles. The van der Waals surface area contributed by atoms with Crippen LogP contribution in [0.2, 0.25) is 5.28 Å². The first-order valence-corrected chi connectivity index (χ1v) is 7.28. The van der Waals surface area contributed by atoms with E-state index in [1.807, 2.05) is 29.2 Å². The molecule has 1 aromatic carbocycles. The first-order chi connectivity index (χ1) is 10.0. The van der Waals surface area contributed by atoms with Gasteiger partial charge in [0.05, 0.1) is 12.1 Å². The van der Waals surface area contributed by atoms with Gasteiger partial charge in [-0.25, -0.2) is 4.98 Å².